The fourth-order valence-corrected chi connectivity index (χ4v) is 2.92. The zero-order chi connectivity index (χ0) is 17.4. The van der Waals surface area contributed by atoms with E-state index in [1.54, 1.807) is 12.4 Å². The van der Waals surface area contributed by atoms with Gasteiger partial charge in [0.1, 0.15) is 6.10 Å². The summed E-state index contributed by atoms with van der Waals surface area (Å²) in [5, 5.41) is 0. The second-order valence-corrected chi connectivity index (χ2v) is 7.51. The highest BCUT2D eigenvalue weighted by molar-refractivity contribution is 6.61. The smallest absolute Gasteiger partial charge is 0.459 e. The quantitative estimate of drug-likeness (QED) is 0.770. The predicted molar refractivity (Wildman–Crippen MR) is 92.3 cm³/mol. The van der Waals surface area contributed by atoms with E-state index < -0.39 is 7.12 Å². The van der Waals surface area contributed by atoms with E-state index in [4.69, 9.17) is 19.8 Å². The summed E-state index contributed by atoms with van der Waals surface area (Å²) >= 11 is 0. The van der Waals surface area contributed by atoms with Crippen LogP contribution >= 0.6 is 0 Å². The summed E-state index contributed by atoms with van der Waals surface area (Å²) in [6.07, 6.45) is 4.54. The van der Waals surface area contributed by atoms with Crippen LogP contribution in [0.2, 0.25) is 0 Å². The Morgan fingerprint density at radius 2 is 1.88 bits per heavy atom. The van der Waals surface area contributed by atoms with E-state index >= 15 is 0 Å². The van der Waals surface area contributed by atoms with Crippen molar-refractivity contribution in [1.29, 1.82) is 0 Å². The normalized spacial score (nSPS) is 26.0. The number of nitrogens with two attached hydrogens (primary N) is 1. The topological polar surface area (TPSA) is 82.7 Å². The Labute approximate surface area is 144 Å². The van der Waals surface area contributed by atoms with Crippen LogP contribution in [-0.4, -0.2) is 65.5 Å². The van der Waals surface area contributed by atoms with E-state index in [2.05, 4.69) is 14.9 Å². The minimum absolute atomic E-state index is 0.124. The average Bonchev–Trinajstić information content (AvgIpc) is 3.02. The van der Waals surface area contributed by atoms with Crippen molar-refractivity contribution in [2.75, 3.05) is 26.2 Å². The van der Waals surface area contributed by atoms with Crippen LogP contribution < -0.4 is 15.9 Å². The lowest BCUT2D eigenvalue weighted by molar-refractivity contribution is 0.00578. The number of ether oxygens (including phenoxy) is 1. The summed E-state index contributed by atoms with van der Waals surface area (Å²) in [7, 11) is -0.449. The third-order valence-corrected chi connectivity index (χ3v) is 5.12. The molecule has 1 aromatic heterocycles. The van der Waals surface area contributed by atoms with E-state index in [9.17, 15) is 0 Å². The molecule has 3 heterocycles. The SMILES string of the molecule is CC1(C)OB(c2cnc(O[C@H]3CCN(CCN)C3)nc2)OC1(C)C. The summed E-state index contributed by atoms with van der Waals surface area (Å²) in [6, 6.07) is 0.398. The highest BCUT2D eigenvalue weighted by Crippen LogP contribution is 2.36. The van der Waals surface area contributed by atoms with Crippen LogP contribution in [0.3, 0.4) is 0 Å². The summed E-state index contributed by atoms with van der Waals surface area (Å²) < 4.78 is 17.9. The molecule has 2 saturated heterocycles. The van der Waals surface area contributed by atoms with Gasteiger partial charge in [-0.05, 0) is 34.1 Å². The van der Waals surface area contributed by atoms with Gasteiger partial charge in [0.05, 0.1) is 11.2 Å². The van der Waals surface area contributed by atoms with Crippen LogP contribution in [0.1, 0.15) is 34.1 Å². The van der Waals surface area contributed by atoms with Crippen LogP contribution in [0, 0.1) is 0 Å². The first-order valence-corrected chi connectivity index (χ1v) is 8.57. The molecule has 0 spiro atoms. The van der Waals surface area contributed by atoms with Gasteiger partial charge in [-0.1, -0.05) is 0 Å². The Balaban J connectivity index is 1.59. The Bertz CT molecular complexity index is 551. The molecule has 0 unspecified atom stereocenters. The van der Waals surface area contributed by atoms with Crippen molar-refractivity contribution >= 4 is 12.6 Å². The van der Waals surface area contributed by atoms with E-state index in [0.29, 0.717) is 12.6 Å². The molecule has 1 aromatic rings. The molecule has 0 amide bonds. The molecule has 0 aliphatic carbocycles. The molecule has 7 nitrogen and oxygen atoms in total. The maximum Gasteiger partial charge on any atom is 0.498 e. The van der Waals surface area contributed by atoms with Gasteiger partial charge in [0.25, 0.3) is 0 Å². The first kappa shape index (κ1) is 17.6. The van der Waals surface area contributed by atoms with Crippen molar-refractivity contribution in [2.45, 2.75) is 51.4 Å². The molecule has 0 bridgehead atoms. The summed E-state index contributed by atoms with van der Waals surface area (Å²) in [4.78, 5) is 10.9. The molecule has 8 heteroatoms. The van der Waals surface area contributed by atoms with Gasteiger partial charge < -0.3 is 19.8 Å². The van der Waals surface area contributed by atoms with E-state index in [-0.39, 0.29) is 17.3 Å². The molecule has 2 aliphatic heterocycles. The molecule has 1 atom stereocenters. The highest BCUT2D eigenvalue weighted by atomic mass is 16.7. The zero-order valence-corrected chi connectivity index (χ0v) is 15.0. The Morgan fingerprint density at radius 1 is 1.25 bits per heavy atom. The fourth-order valence-electron chi connectivity index (χ4n) is 2.92. The molecule has 24 heavy (non-hydrogen) atoms. The second-order valence-electron chi connectivity index (χ2n) is 7.51. The lowest BCUT2D eigenvalue weighted by Gasteiger charge is -2.32. The van der Waals surface area contributed by atoms with E-state index in [1.807, 2.05) is 27.7 Å². The summed E-state index contributed by atoms with van der Waals surface area (Å²) in [5.74, 6) is 0. The molecular formula is C16H27BN4O3. The Morgan fingerprint density at radius 3 is 2.46 bits per heavy atom. The molecule has 0 radical (unpaired) electrons. The Hall–Kier alpha value is -1.22. The molecule has 0 saturated carbocycles. The predicted octanol–water partition coefficient (Wildman–Crippen LogP) is 0.188. The second kappa shape index (κ2) is 6.59. The van der Waals surface area contributed by atoms with Crippen molar-refractivity contribution in [3.05, 3.63) is 12.4 Å². The third-order valence-electron chi connectivity index (χ3n) is 5.12. The Kier molecular flexibility index (Phi) is 4.83. The van der Waals surface area contributed by atoms with Gasteiger partial charge in [-0.2, -0.15) is 0 Å². The first-order valence-electron chi connectivity index (χ1n) is 8.57. The molecule has 2 fully saturated rings. The van der Waals surface area contributed by atoms with Gasteiger partial charge in [0.2, 0.25) is 0 Å². The van der Waals surface area contributed by atoms with E-state index in [0.717, 1.165) is 31.5 Å². The summed E-state index contributed by atoms with van der Waals surface area (Å²) in [5.41, 5.74) is 5.65. The lowest BCUT2D eigenvalue weighted by atomic mass is 9.81. The van der Waals surface area contributed by atoms with Crippen molar-refractivity contribution in [3.8, 4) is 6.01 Å². The zero-order valence-electron chi connectivity index (χ0n) is 15.0. The maximum atomic E-state index is 6.00. The standard InChI is InChI=1S/C16H27BN4O3/c1-15(2)16(3,4)24-17(23-15)12-9-19-14(20-10-12)22-13-5-7-21(11-13)8-6-18/h9-10,13H,5-8,11,18H2,1-4H3/t13-/m0/s1. The van der Waals surface area contributed by atoms with Crippen LogP contribution in [0.5, 0.6) is 6.01 Å². The number of hydrogen-bond donors (Lipinski definition) is 1. The fraction of sp³-hybridized carbons (Fsp3) is 0.750. The highest BCUT2D eigenvalue weighted by Gasteiger charge is 2.52. The van der Waals surface area contributed by atoms with Crippen LogP contribution in [0.15, 0.2) is 12.4 Å². The maximum absolute atomic E-state index is 6.00. The monoisotopic (exact) mass is 334 g/mol. The number of aromatic nitrogens is 2. The number of likely N-dealkylation sites (tertiary alicyclic amines) is 1. The molecule has 3 rings (SSSR count). The van der Waals surface area contributed by atoms with Crippen molar-refractivity contribution < 1.29 is 14.0 Å². The van der Waals surface area contributed by atoms with Crippen LogP contribution in [0.25, 0.3) is 0 Å². The minimum Gasteiger partial charge on any atom is -0.459 e. The first-order chi connectivity index (χ1) is 11.3. The minimum atomic E-state index is -0.449. The lowest BCUT2D eigenvalue weighted by Crippen LogP contribution is -2.41. The summed E-state index contributed by atoms with van der Waals surface area (Å²) in [6.45, 7) is 11.6. The average molecular weight is 334 g/mol. The van der Waals surface area contributed by atoms with Gasteiger partial charge in [-0.3, -0.25) is 4.90 Å². The van der Waals surface area contributed by atoms with Gasteiger partial charge >= 0.3 is 13.1 Å². The van der Waals surface area contributed by atoms with Crippen LogP contribution in [-0.2, 0) is 9.31 Å². The van der Waals surface area contributed by atoms with Gasteiger partial charge in [-0.15, -0.1) is 0 Å². The van der Waals surface area contributed by atoms with Gasteiger partial charge in [0.15, 0.2) is 0 Å². The van der Waals surface area contributed by atoms with Crippen molar-refractivity contribution in [1.82, 2.24) is 14.9 Å². The van der Waals surface area contributed by atoms with Gasteiger partial charge in [0, 0.05) is 44.0 Å². The molecule has 0 aromatic carbocycles. The van der Waals surface area contributed by atoms with E-state index in [1.165, 1.54) is 0 Å². The van der Waals surface area contributed by atoms with Crippen LogP contribution in [0.4, 0.5) is 0 Å². The van der Waals surface area contributed by atoms with Crippen molar-refractivity contribution in [3.63, 3.8) is 0 Å². The number of rotatable bonds is 5. The molecule has 2 N–H and O–H groups in total. The molecule has 2 aliphatic rings. The largest absolute Gasteiger partial charge is 0.498 e. The molecular weight excluding hydrogens is 307 g/mol. The third kappa shape index (κ3) is 3.56. The molecule has 132 valence electrons. The number of hydrogen-bond acceptors (Lipinski definition) is 7. The van der Waals surface area contributed by atoms with Crippen molar-refractivity contribution in [2.24, 2.45) is 5.73 Å². The van der Waals surface area contributed by atoms with Gasteiger partial charge in [-0.25, -0.2) is 9.97 Å². The number of nitrogens with zero attached hydrogens (tertiary/aromatic N) is 3.